The lowest BCUT2D eigenvalue weighted by Gasteiger charge is -2.16. The molecule has 56 heavy (non-hydrogen) atoms. The first kappa shape index (κ1) is 32.2. The number of hydrogen-bond donors (Lipinski definition) is 0. The minimum atomic E-state index is 0.617. The molecule has 4 nitrogen and oxygen atoms in total. The van der Waals surface area contributed by atoms with E-state index in [4.69, 9.17) is 15.0 Å². The molecule has 0 radical (unpaired) electrons. The van der Waals surface area contributed by atoms with Crippen LogP contribution < -0.4 is 0 Å². The van der Waals surface area contributed by atoms with Crippen molar-refractivity contribution in [1.82, 2.24) is 19.5 Å². The predicted octanol–water partition coefficient (Wildman–Crippen LogP) is 13.7. The summed E-state index contributed by atoms with van der Waals surface area (Å²) in [5.74, 6) is 1.89. The highest BCUT2D eigenvalue weighted by atomic mass is 32.1. The van der Waals surface area contributed by atoms with Crippen molar-refractivity contribution in [3.63, 3.8) is 0 Å². The number of nitrogens with zero attached hydrogens (tertiary/aromatic N) is 4. The van der Waals surface area contributed by atoms with E-state index < -0.39 is 0 Å². The van der Waals surface area contributed by atoms with Gasteiger partial charge in [-0.05, 0) is 58.7 Å². The molecule has 8 aromatic carbocycles. The largest absolute Gasteiger partial charge is 0.308 e. The van der Waals surface area contributed by atoms with Gasteiger partial charge in [0.05, 0.1) is 16.7 Å². The van der Waals surface area contributed by atoms with Gasteiger partial charge in [-0.15, -0.1) is 11.3 Å². The van der Waals surface area contributed by atoms with Gasteiger partial charge in [-0.3, -0.25) is 0 Å². The molecule has 0 fully saturated rings. The second kappa shape index (κ2) is 13.3. The number of fused-ring (bicyclic) bond motifs is 6. The molecule has 11 aromatic rings. The maximum absolute atomic E-state index is 5.39. The lowest BCUT2D eigenvalue weighted by molar-refractivity contribution is 1.07. The monoisotopic (exact) mass is 732 g/mol. The summed E-state index contributed by atoms with van der Waals surface area (Å²) in [6, 6.07) is 68.4. The van der Waals surface area contributed by atoms with Gasteiger partial charge < -0.3 is 4.57 Å². The first-order valence-electron chi connectivity index (χ1n) is 18.8. The van der Waals surface area contributed by atoms with Crippen LogP contribution in [-0.2, 0) is 0 Å². The van der Waals surface area contributed by atoms with Crippen LogP contribution in [0, 0.1) is 0 Å². The SMILES string of the molecule is c1ccc(-c2ccccc2-c2nc(-c3ccccc3-n3c4ccccc4c4c(-c5ccccc5)cccc43)nc(-c3cccc4c3sc3ccccc34)n2)cc1. The second-order valence-electron chi connectivity index (χ2n) is 13.9. The number of para-hydroxylation sites is 2. The Hall–Kier alpha value is -7.21. The highest BCUT2D eigenvalue weighted by molar-refractivity contribution is 7.26. The molecular formula is C51H32N4S. The summed E-state index contributed by atoms with van der Waals surface area (Å²) in [5, 5.41) is 4.86. The Morgan fingerprint density at radius 1 is 0.339 bits per heavy atom. The smallest absolute Gasteiger partial charge is 0.166 e. The molecule has 0 unspecified atom stereocenters. The van der Waals surface area contributed by atoms with Crippen LogP contribution in [-0.4, -0.2) is 19.5 Å². The zero-order chi connectivity index (χ0) is 37.0. The lowest BCUT2D eigenvalue weighted by atomic mass is 9.99. The Kier molecular flexibility index (Phi) is 7.64. The Labute approximate surface area is 327 Å². The van der Waals surface area contributed by atoms with Crippen LogP contribution in [0.1, 0.15) is 0 Å². The summed E-state index contributed by atoms with van der Waals surface area (Å²) in [7, 11) is 0. The minimum absolute atomic E-state index is 0.617. The van der Waals surface area contributed by atoms with Crippen molar-refractivity contribution in [2.75, 3.05) is 0 Å². The molecule has 0 bridgehead atoms. The van der Waals surface area contributed by atoms with E-state index in [1.54, 1.807) is 11.3 Å². The van der Waals surface area contributed by atoms with Crippen LogP contribution in [0.2, 0.25) is 0 Å². The molecule has 3 aromatic heterocycles. The zero-order valence-corrected chi connectivity index (χ0v) is 31.0. The molecule has 0 spiro atoms. The Morgan fingerprint density at radius 2 is 0.839 bits per heavy atom. The molecule has 0 atom stereocenters. The molecular weight excluding hydrogens is 701 g/mol. The van der Waals surface area contributed by atoms with E-state index in [9.17, 15) is 0 Å². The highest BCUT2D eigenvalue weighted by Gasteiger charge is 2.22. The third kappa shape index (κ3) is 5.24. The van der Waals surface area contributed by atoms with Gasteiger partial charge in [0.25, 0.3) is 0 Å². The lowest BCUT2D eigenvalue weighted by Crippen LogP contribution is -2.04. The fourth-order valence-electron chi connectivity index (χ4n) is 8.20. The number of thiophene rings is 1. The van der Waals surface area contributed by atoms with Crippen LogP contribution in [0.5, 0.6) is 0 Å². The van der Waals surface area contributed by atoms with Crippen LogP contribution in [0.4, 0.5) is 0 Å². The van der Waals surface area contributed by atoms with Crippen molar-refractivity contribution in [1.29, 1.82) is 0 Å². The van der Waals surface area contributed by atoms with Gasteiger partial charge in [-0.25, -0.2) is 15.0 Å². The highest BCUT2D eigenvalue weighted by Crippen LogP contribution is 2.43. The molecule has 5 heteroatoms. The quantitative estimate of drug-likeness (QED) is 0.171. The molecule has 0 saturated carbocycles. The molecule has 11 rings (SSSR count). The van der Waals surface area contributed by atoms with E-state index in [2.05, 4.69) is 193 Å². The van der Waals surface area contributed by atoms with Gasteiger partial charge in [-0.2, -0.15) is 0 Å². The van der Waals surface area contributed by atoms with Crippen molar-refractivity contribution in [2.45, 2.75) is 0 Å². The topological polar surface area (TPSA) is 43.6 Å². The molecule has 0 amide bonds. The molecule has 0 aliphatic heterocycles. The summed E-state index contributed by atoms with van der Waals surface area (Å²) >= 11 is 1.79. The van der Waals surface area contributed by atoms with Crippen molar-refractivity contribution < 1.29 is 0 Å². The summed E-state index contributed by atoms with van der Waals surface area (Å²) in [4.78, 5) is 16.1. The fraction of sp³-hybridized carbons (Fsp3) is 0. The second-order valence-corrected chi connectivity index (χ2v) is 15.0. The van der Waals surface area contributed by atoms with Gasteiger partial charge in [0.1, 0.15) is 0 Å². The maximum atomic E-state index is 5.39. The normalized spacial score (nSPS) is 11.6. The van der Waals surface area contributed by atoms with Crippen LogP contribution in [0.15, 0.2) is 194 Å². The number of aromatic nitrogens is 4. The molecule has 0 N–H and O–H groups in total. The Morgan fingerprint density at radius 3 is 1.62 bits per heavy atom. The summed E-state index contributed by atoms with van der Waals surface area (Å²) in [6.45, 7) is 0. The number of hydrogen-bond acceptors (Lipinski definition) is 4. The van der Waals surface area contributed by atoms with Gasteiger partial charge in [0.2, 0.25) is 0 Å². The molecule has 0 aliphatic rings. The average molecular weight is 733 g/mol. The van der Waals surface area contributed by atoms with Crippen molar-refractivity contribution in [2.24, 2.45) is 0 Å². The zero-order valence-electron chi connectivity index (χ0n) is 30.2. The van der Waals surface area contributed by atoms with Gasteiger partial charge in [0, 0.05) is 47.6 Å². The molecule has 262 valence electrons. The minimum Gasteiger partial charge on any atom is -0.308 e. The number of rotatable bonds is 6. The third-order valence-electron chi connectivity index (χ3n) is 10.7. The first-order valence-corrected chi connectivity index (χ1v) is 19.6. The van der Waals surface area contributed by atoms with Gasteiger partial charge >= 0.3 is 0 Å². The Balaban J connectivity index is 1.20. The van der Waals surface area contributed by atoms with E-state index in [-0.39, 0.29) is 0 Å². The van der Waals surface area contributed by atoms with E-state index in [0.29, 0.717) is 17.5 Å². The molecule has 0 saturated heterocycles. The van der Waals surface area contributed by atoms with Crippen LogP contribution in [0.25, 0.3) is 104 Å². The van der Waals surface area contributed by atoms with E-state index in [1.807, 2.05) is 6.07 Å². The summed E-state index contributed by atoms with van der Waals surface area (Å²) < 4.78 is 4.78. The van der Waals surface area contributed by atoms with Crippen molar-refractivity contribution >= 4 is 53.3 Å². The average Bonchev–Trinajstić information content (AvgIpc) is 3.83. The predicted molar refractivity (Wildman–Crippen MR) is 234 cm³/mol. The summed E-state index contributed by atoms with van der Waals surface area (Å²) in [5.41, 5.74) is 10.7. The van der Waals surface area contributed by atoms with E-state index in [1.165, 1.54) is 37.4 Å². The third-order valence-corrected chi connectivity index (χ3v) is 11.9. The Bertz CT molecular complexity index is 3250. The maximum Gasteiger partial charge on any atom is 0.166 e. The van der Waals surface area contributed by atoms with E-state index in [0.717, 1.165) is 49.2 Å². The first-order chi connectivity index (χ1) is 27.8. The fourth-order valence-corrected chi connectivity index (χ4v) is 9.41. The van der Waals surface area contributed by atoms with Crippen LogP contribution >= 0.6 is 11.3 Å². The van der Waals surface area contributed by atoms with Crippen molar-refractivity contribution in [3.8, 4) is 62.1 Å². The number of benzene rings is 8. The van der Waals surface area contributed by atoms with Crippen molar-refractivity contribution in [3.05, 3.63) is 194 Å². The molecule has 3 heterocycles. The standard InChI is InChI=1S/C51H32N4S/c1-3-17-33(18-4-1)35-21-7-8-23-39(35)49-52-50(54-51(53-49)42-28-15-27-38-37-22-11-14-32-46(37)56-48(38)42)41-25-10-13-30-44(41)55-43-29-12-9-24-40(43)47-36(26-16-31-45(47)55)34-19-5-2-6-20-34/h1-32H. The molecule has 0 aliphatic carbocycles. The van der Waals surface area contributed by atoms with E-state index >= 15 is 0 Å². The van der Waals surface area contributed by atoms with Crippen LogP contribution in [0.3, 0.4) is 0 Å². The summed E-state index contributed by atoms with van der Waals surface area (Å²) in [6.07, 6.45) is 0. The van der Waals surface area contributed by atoms with Gasteiger partial charge in [-0.1, -0.05) is 158 Å². The van der Waals surface area contributed by atoms with Gasteiger partial charge in [0.15, 0.2) is 17.5 Å².